The molecule has 0 saturated heterocycles. The molecular weight excluding hydrogens is 338 g/mol. The highest BCUT2D eigenvalue weighted by Gasteiger charge is 2.19. The van der Waals surface area contributed by atoms with Crippen molar-refractivity contribution in [1.82, 2.24) is 9.97 Å². The van der Waals surface area contributed by atoms with Crippen molar-refractivity contribution in [1.29, 1.82) is 0 Å². The summed E-state index contributed by atoms with van der Waals surface area (Å²) in [6.07, 6.45) is 4.42. The van der Waals surface area contributed by atoms with Crippen LogP contribution < -0.4 is 16.0 Å². The summed E-state index contributed by atoms with van der Waals surface area (Å²) < 4.78 is 0. The summed E-state index contributed by atoms with van der Waals surface area (Å²) >= 11 is 0. The zero-order valence-corrected chi connectivity index (χ0v) is 14.9. The van der Waals surface area contributed by atoms with Gasteiger partial charge in [0.15, 0.2) is 0 Å². The molecule has 3 aromatic rings. The first-order valence-corrected chi connectivity index (χ1v) is 8.96. The molecule has 3 heterocycles. The molecule has 0 saturated carbocycles. The molecule has 136 valence electrons. The third-order valence-electron chi connectivity index (χ3n) is 4.80. The van der Waals surface area contributed by atoms with Gasteiger partial charge in [-0.3, -0.25) is 4.79 Å². The van der Waals surface area contributed by atoms with Gasteiger partial charge in [0.05, 0.1) is 0 Å². The Morgan fingerprint density at radius 2 is 1.93 bits per heavy atom. The highest BCUT2D eigenvalue weighted by Crippen LogP contribution is 2.26. The summed E-state index contributed by atoms with van der Waals surface area (Å²) in [5.74, 6) is 1.13. The molecule has 3 N–H and O–H groups in total. The minimum absolute atomic E-state index is 0.437. The predicted molar refractivity (Wildman–Crippen MR) is 106 cm³/mol. The van der Waals surface area contributed by atoms with Crippen molar-refractivity contribution in [3.05, 3.63) is 83.2 Å². The number of nitrogens with zero attached hydrogens (tertiary/aromatic N) is 3. The fourth-order valence-electron chi connectivity index (χ4n) is 3.40. The second-order valence-electron chi connectivity index (χ2n) is 6.57. The Balaban J connectivity index is 1.52. The van der Waals surface area contributed by atoms with E-state index in [1.54, 1.807) is 18.3 Å². The summed E-state index contributed by atoms with van der Waals surface area (Å²) in [5.41, 5.74) is 9.63. The molecule has 4 rings (SSSR count). The average Bonchev–Trinajstić information content (AvgIpc) is 2.72. The van der Waals surface area contributed by atoms with E-state index in [0.717, 1.165) is 30.9 Å². The third-order valence-corrected chi connectivity index (χ3v) is 4.80. The highest BCUT2D eigenvalue weighted by atomic mass is 16.1. The zero-order chi connectivity index (χ0) is 18.6. The normalized spacial score (nSPS) is 13.1. The van der Waals surface area contributed by atoms with Gasteiger partial charge in [0.25, 0.3) is 0 Å². The van der Waals surface area contributed by atoms with Crippen LogP contribution in [0.1, 0.15) is 27.0 Å². The molecule has 0 radical (unpaired) electrons. The van der Waals surface area contributed by atoms with E-state index in [-0.39, 0.29) is 0 Å². The Bertz CT molecular complexity index is 972. The highest BCUT2D eigenvalue weighted by molar-refractivity contribution is 5.93. The van der Waals surface area contributed by atoms with Crippen molar-refractivity contribution in [2.75, 3.05) is 16.8 Å². The molecular formula is C21H21N5O. The van der Waals surface area contributed by atoms with Crippen LogP contribution in [0.3, 0.4) is 0 Å². The first kappa shape index (κ1) is 17.0. The van der Waals surface area contributed by atoms with Crippen LogP contribution in [-0.4, -0.2) is 22.4 Å². The van der Waals surface area contributed by atoms with Crippen LogP contribution in [0.5, 0.6) is 0 Å². The number of anilines is 2. The summed E-state index contributed by atoms with van der Waals surface area (Å²) in [4.78, 5) is 22.5. The molecule has 1 aliphatic heterocycles. The topological polar surface area (TPSA) is 84.1 Å². The Hall–Kier alpha value is -3.41. The van der Waals surface area contributed by atoms with Gasteiger partial charge in [-0.15, -0.1) is 0 Å². The molecule has 0 unspecified atom stereocenters. The number of hydrogen-bond donors (Lipinski definition) is 2. The van der Waals surface area contributed by atoms with Gasteiger partial charge in [0, 0.05) is 43.2 Å². The summed E-state index contributed by atoms with van der Waals surface area (Å²) in [5, 5.41) is 3.27. The summed E-state index contributed by atoms with van der Waals surface area (Å²) in [6.45, 7) is 2.36. The van der Waals surface area contributed by atoms with E-state index >= 15 is 0 Å². The minimum Gasteiger partial charge on any atom is -0.366 e. The largest absolute Gasteiger partial charge is 0.366 e. The molecule has 0 aliphatic carbocycles. The molecule has 0 spiro atoms. The third kappa shape index (κ3) is 3.74. The van der Waals surface area contributed by atoms with Crippen molar-refractivity contribution < 1.29 is 4.79 Å². The number of nitrogens with one attached hydrogen (secondary N) is 1. The Labute approximate surface area is 158 Å². The average molecular weight is 359 g/mol. The van der Waals surface area contributed by atoms with E-state index in [4.69, 9.17) is 5.73 Å². The van der Waals surface area contributed by atoms with Gasteiger partial charge in [-0.25, -0.2) is 9.97 Å². The lowest BCUT2D eigenvalue weighted by Gasteiger charge is -2.31. The van der Waals surface area contributed by atoms with Crippen molar-refractivity contribution in [3.8, 4) is 0 Å². The second-order valence-corrected chi connectivity index (χ2v) is 6.57. The molecule has 1 aliphatic rings. The first-order chi connectivity index (χ1) is 13.2. The molecule has 0 bridgehead atoms. The fourth-order valence-corrected chi connectivity index (χ4v) is 3.40. The maximum atomic E-state index is 11.3. The Morgan fingerprint density at radius 3 is 2.78 bits per heavy atom. The molecule has 6 heteroatoms. The smallest absolute Gasteiger partial charge is 0.248 e. The van der Waals surface area contributed by atoms with E-state index in [1.165, 1.54) is 11.1 Å². The number of nitrogens with two attached hydrogens (primary N) is 1. The van der Waals surface area contributed by atoms with Crippen molar-refractivity contribution >= 4 is 17.5 Å². The van der Waals surface area contributed by atoms with Gasteiger partial charge >= 0.3 is 0 Å². The lowest BCUT2D eigenvalue weighted by molar-refractivity contribution is 0.1000. The number of pyridine rings is 2. The van der Waals surface area contributed by atoms with Gasteiger partial charge in [0.2, 0.25) is 5.91 Å². The number of carbonyl (C=O) groups excluding carboxylic acids is 1. The number of benzene rings is 1. The van der Waals surface area contributed by atoms with Crippen LogP contribution >= 0.6 is 0 Å². The van der Waals surface area contributed by atoms with Crippen LogP contribution in [-0.2, 0) is 19.5 Å². The maximum absolute atomic E-state index is 11.3. The van der Waals surface area contributed by atoms with Crippen LogP contribution in [0.2, 0.25) is 0 Å². The molecule has 1 aromatic carbocycles. The molecule has 0 atom stereocenters. The summed E-state index contributed by atoms with van der Waals surface area (Å²) in [6, 6.07) is 15.8. The van der Waals surface area contributed by atoms with E-state index < -0.39 is 5.91 Å². The zero-order valence-electron chi connectivity index (χ0n) is 14.9. The number of amides is 1. The first-order valence-electron chi connectivity index (χ1n) is 8.96. The van der Waals surface area contributed by atoms with Gasteiger partial charge in [-0.05, 0) is 35.7 Å². The quantitative estimate of drug-likeness (QED) is 0.732. The lowest BCUT2D eigenvalue weighted by atomic mass is 9.99. The number of aromatic nitrogens is 2. The SMILES string of the molecule is NC(=O)c1ccnc(NCc2cccnc2N2CCc3ccccc3C2)c1. The van der Waals surface area contributed by atoms with Crippen molar-refractivity contribution in [2.45, 2.75) is 19.5 Å². The molecule has 1 amide bonds. The second kappa shape index (κ2) is 7.45. The fraction of sp³-hybridized carbons (Fsp3) is 0.190. The van der Waals surface area contributed by atoms with E-state index in [0.29, 0.717) is 17.9 Å². The monoisotopic (exact) mass is 359 g/mol. The standard InChI is InChI=1S/C21H21N5O/c22-20(27)16-7-10-23-19(12-16)25-13-17-6-3-9-24-21(17)26-11-8-15-4-1-2-5-18(15)14-26/h1-7,9-10,12H,8,11,13-14H2,(H2,22,27)(H,23,25). The van der Waals surface area contributed by atoms with Crippen molar-refractivity contribution in [3.63, 3.8) is 0 Å². The van der Waals surface area contributed by atoms with Gasteiger partial charge in [0.1, 0.15) is 11.6 Å². The number of rotatable bonds is 5. The van der Waals surface area contributed by atoms with Crippen LogP contribution in [0.15, 0.2) is 60.9 Å². The molecule has 0 fully saturated rings. The molecule has 6 nitrogen and oxygen atoms in total. The lowest BCUT2D eigenvalue weighted by Crippen LogP contribution is -2.32. The number of carbonyl (C=O) groups is 1. The summed E-state index contributed by atoms with van der Waals surface area (Å²) in [7, 11) is 0. The number of fused-ring (bicyclic) bond motifs is 1. The van der Waals surface area contributed by atoms with E-state index in [9.17, 15) is 4.79 Å². The molecule has 2 aromatic heterocycles. The van der Waals surface area contributed by atoms with Gasteiger partial charge < -0.3 is 16.0 Å². The van der Waals surface area contributed by atoms with E-state index in [1.807, 2.05) is 12.3 Å². The molecule has 27 heavy (non-hydrogen) atoms. The maximum Gasteiger partial charge on any atom is 0.248 e. The van der Waals surface area contributed by atoms with Crippen LogP contribution in [0.25, 0.3) is 0 Å². The van der Waals surface area contributed by atoms with Gasteiger partial charge in [-0.1, -0.05) is 30.3 Å². The Morgan fingerprint density at radius 1 is 1.07 bits per heavy atom. The Kier molecular flexibility index (Phi) is 4.70. The van der Waals surface area contributed by atoms with Crippen molar-refractivity contribution in [2.24, 2.45) is 5.73 Å². The number of hydrogen-bond acceptors (Lipinski definition) is 5. The number of primary amides is 1. The van der Waals surface area contributed by atoms with E-state index in [2.05, 4.69) is 50.5 Å². The van der Waals surface area contributed by atoms with Gasteiger partial charge in [-0.2, -0.15) is 0 Å². The van der Waals surface area contributed by atoms with Crippen LogP contribution in [0, 0.1) is 0 Å². The minimum atomic E-state index is -0.463. The predicted octanol–water partition coefficient (Wildman–Crippen LogP) is 2.75. The van der Waals surface area contributed by atoms with Crippen LogP contribution in [0.4, 0.5) is 11.6 Å².